The average Bonchev–Trinajstić information content (AvgIpc) is 3.41. The van der Waals surface area contributed by atoms with Crippen LogP contribution in [0.5, 0.6) is 0 Å². The maximum Gasteiger partial charge on any atom is 0.435 e. The molecule has 8 nitrogen and oxygen atoms in total. The van der Waals surface area contributed by atoms with Gasteiger partial charge in [0.25, 0.3) is 10.0 Å². The molecular formula is C24H22BrF3N4O4S. The first-order valence-electron chi connectivity index (χ1n) is 11.2. The predicted molar refractivity (Wildman–Crippen MR) is 133 cm³/mol. The van der Waals surface area contributed by atoms with Gasteiger partial charge < -0.3 is 4.74 Å². The van der Waals surface area contributed by atoms with Crippen molar-refractivity contribution in [1.29, 1.82) is 0 Å². The standard InChI is InChI=1S/C24H22BrF3N4O4S/c1-3-36-21(33)5-4-10-31-13-20(22(30-31)24(26,27)28)19-14-32(23-18(19)11-16(25)12-29-23)37(34,35)17-8-6-15(2)7-9-17/h6-9,11-14H,3-5,10H2,1-2H3. The van der Waals surface area contributed by atoms with E-state index >= 15 is 0 Å². The molecule has 0 aliphatic rings. The average molecular weight is 599 g/mol. The van der Waals surface area contributed by atoms with Crippen LogP contribution in [0.1, 0.15) is 31.0 Å². The zero-order chi connectivity index (χ0) is 27.0. The molecule has 0 spiro atoms. The first-order chi connectivity index (χ1) is 17.4. The van der Waals surface area contributed by atoms with Crippen molar-refractivity contribution in [3.05, 3.63) is 64.7 Å². The highest BCUT2D eigenvalue weighted by Gasteiger charge is 2.39. The van der Waals surface area contributed by atoms with Gasteiger partial charge in [-0.15, -0.1) is 0 Å². The Balaban J connectivity index is 1.84. The first-order valence-corrected chi connectivity index (χ1v) is 13.4. The second-order valence-electron chi connectivity index (χ2n) is 8.24. The summed E-state index contributed by atoms with van der Waals surface area (Å²) in [5.41, 5.74) is -0.642. The van der Waals surface area contributed by atoms with Gasteiger partial charge in [-0.05, 0) is 54.4 Å². The van der Waals surface area contributed by atoms with Crippen molar-refractivity contribution in [2.75, 3.05) is 6.61 Å². The van der Waals surface area contributed by atoms with E-state index in [9.17, 15) is 26.4 Å². The van der Waals surface area contributed by atoms with Gasteiger partial charge in [-0.25, -0.2) is 17.4 Å². The van der Waals surface area contributed by atoms with Crippen LogP contribution in [0.15, 0.2) is 58.3 Å². The summed E-state index contributed by atoms with van der Waals surface area (Å²) in [5, 5.41) is 3.91. The third-order valence-electron chi connectivity index (χ3n) is 5.55. The Bertz CT molecular complexity index is 1560. The van der Waals surface area contributed by atoms with Gasteiger partial charge in [-0.2, -0.15) is 18.3 Å². The number of carbonyl (C=O) groups is 1. The van der Waals surface area contributed by atoms with Crippen molar-refractivity contribution in [1.82, 2.24) is 18.7 Å². The Kier molecular flexibility index (Phi) is 7.47. The molecule has 0 saturated heterocycles. The predicted octanol–water partition coefficient (Wildman–Crippen LogP) is 5.57. The lowest BCUT2D eigenvalue weighted by Crippen LogP contribution is -2.12. The molecule has 196 valence electrons. The van der Waals surface area contributed by atoms with Crippen LogP contribution < -0.4 is 0 Å². The Hall–Kier alpha value is -3.19. The molecule has 0 N–H and O–H groups in total. The normalized spacial score (nSPS) is 12.3. The van der Waals surface area contributed by atoms with Crippen LogP contribution in [-0.4, -0.2) is 39.7 Å². The number of hydrogen-bond donors (Lipinski definition) is 0. The summed E-state index contributed by atoms with van der Waals surface area (Å²) in [7, 11) is -4.17. The maximum absolute atomic E-state index is 14.0. The van der Waals surface area contributed by atoms with E-state index in [4.69, 9.17) is 4.74 Å². The third kappa shape index (κ3) is 5.57. The minimum absolute atomic E-state index is 0.00320. The van der Waals surface area contributed by atoms with Crippen molar-refractivity contribution in [3.8, 4) is 11.1 Å². The minimum Gasteiger partial charge on any atom is -0.466 e. The Morgan fingerprint density at radius 2 is 1.84 bits per heavy atom. The Labute approximate surface area is 219 Å². The van der Waals surface area contributed by atoms with E-state index in [0.717, 1.165) is 20.4 Å². The van der Waals surface area contributed by atoms with Crippen LogP contribution in [0.2, 0.25) is 0 Å². The van der Waals surface area contributed by atoms with Gasteiger partial charge in [0.1, 0.15) is 0 Å². The van der Waals surface area contributed by atoms with Crippen molar-refractivity contribution < 1.29 is 31.1 Å². The van der Waals surface area contributed by atoms with Crippen LogP contribution in [0.3, 0.4) is 0 Å². The molecule has 0 radical (unpaired) electrons. The number of hydrogen-bond acceptors (Lipinski definition) is 6. The highest BCUT2D eigenvalue weighted by molar-refractivity contribution is 9.10. The molecule has 0 unspecified atom stereocenters. The fraction of sp³-hybridized carbons (Fsp3) is 0.292. The summed E-state index contributed by atoms with van der Waals surface area (Å²) in [5.74, 6) is -0.453. The monoisotopic (exact) mass is 598 g/mol. The largest absolute Gasteiger partial charge is 0.466 e. The number of aryl methyl sites for hydroxylation is 2. The summed E-state index contributed by atoms with van der Waals surface area (Å²) in [6.45, 7) is 3.71. The number of ether oxygens (including phenoxy) is 1. The highest BCUT2D eigenvalue weighted by atomic mass is 79.9. The fourth-order valence-electron chi connectivity index (χ4n) is 3.84. The van der Waals surface area contributed by atoms with Gasteiger partial charge in [0.05, 0.1) is 11.5 Å². The van der Waals surface area contributed by atoms with Crippen LogP contribution in [0.4, 0.5) is 13.2 Å². The zero-order valence-corrected chi connectivity index (χ0v) is 22.2. The van der Waals surface area contributed by atoms with Crippen LogP contribution >= 0.6 is 15.9 Å². The molecule has 4 aromatic rings. The van der Waals surface area contributed by atoms with Gasteiger partial charge in [-0.3, -0.25) is 9.48 Å². The van der Waals surface area contributed by atoms with Crippen LogP contribution in [-0.2, 0) is 32.3 Å². The van der Waals surface area contributed by atoms with Crippen molar-refractivity contribution in [2.24, 2.45) is 0 Å². The number of carbonyl (C=O) groups excluding carboxylic acids is 1. The van der Waals surface area contributed by atoms with E-state index in [1.165, 1.54) is 30.6 Å². The number of fused-ring (bicyclic) bond motifs is 1. The molecule has 3 aromatic heterocycles. The van der Waals surface area contributed by atoms with Gasteiger partial charge >= 0.3 is 12.1 Å². The van der Waals surface area contributed by atoms with Crippen LogP contribution in [0, 0.1) is 6.92 Å². The van der Waals surface area contributed by atoms with E-state index < -0.39 is 27.9 Å². The number of pyridine rings is 1. The zero-order valence-electron chi connectivity index (χ0n) is 19.8. The van der Waals surface area contributed by atoms with Gasteiger partial charge in [-0.1, -0.05) is 17.7 Å². The van der Waals surface area contributed by atoms with E-state index in [2.05, 4.69) is 26.0 Å². The molecule has 4 rings (SSSR count). The molecule has 3 heterocycles. The van der Waals surface area contributed by atoms with Crippen molar-refractivity contribution in [2.45, 2.75) is 44.3 Å². The second-order valence-corrected chi connectivity index (χ2v) is 11.0. The van der Waals surface area contributed by atoms with Gasteiger partial charge in [0.2, 0.25) is 0 Å². The molecule has 37 heavy (non-hydrogen) atoms. The summed E-state index contributed by atoms with van der Waals surface area (Å²) >= 11 is 3.27. The lowest BCUT2D eigenvalue weighted by atomic mass is 10.1. The molecule has 0 bridgehead atoms. The van der Waals surface area contributed by atoms with Crippen molar-refractivity contribution >= 4 is 43.0 Å². The van der Waals surface area contributed by atoms with Gasteiger partial charge in [0, 0.05) is 52.5 Å². The molecule has 0 aliphatic heterocycles. The van der Waals surface area contributed by atoms with Gasteiger partial charge in [0.15, 0.2) is 11.3 Å². The van der Waals surface area contributed by atoms with Crippen molar-refractivity contribution in [3.63, 3.8) is 0 Å². The summed E-state index contributed by atoms with van der Waals surface area (Å²) in [6, 6.07) is 7.63. The quantitative estimate of drug-likeness (QED) is 0.246. The number of benzene rings is 1. The van der Waals surface area contributed by atoms with E-state index in [1.807, 2.05) is 6.92 Å². The number of nitrogens with zero attached hydrogens (tertiary/aromatic N) is 4. The molecule has 0 saturated carbocycles. The summed E-state index contributed by atoms with van der Waals surface area (Å²) < 4.78 is 76.3. The molecule has 0 aliphatic carbocycles. The Morgan fingerprint density at radius 3 is 2.49 bits per heavy atom. The number of rotatable bonds is 8. The van der Waals surface area contributed by atoms with E-state index in [-0.39, 0.29) is 53.0 Å². The number of halogens is 4. The number of aromatic nitrogens is 4. The molecule has 13 heteroatoms. The highest BCUT2D eigenvalue weighted by Crippen LogP contribution is 2.40. The van der Waals surface area contributed by atoms with E-state index in [0.29, 0.717) is 4.47 Å². The maximum atomic E-state index is 14.0. The first kappa shape index (κ1) is 26.9. The number of alkyl halides is 3. The molecule has 0 amide bonds. The topological polar surface area (TPSA) is 96.1 Å². The van der Waals surface area contributed by atoms with E-state index in [1.54, 1.807) is 19.1 Å². The van der Waals surface area contributed by atoms with Crippen LogP contribution in [0.25, 0.3) is 22.2 Å². The smallest absolute Gasteiger partial charge is 0.435 e. The fourth-order valence-corrected chi connectivity index (χ4v) is 5.49. The minimum atomic E-state index is -4.81. The summed E-state index contributed by atoms with van der Waals surface area (Å²) in [6.07, 6.45) is -0.869. The summed E-state index contributed by atoms with van der Waals surface area (Å²) in [4.78, 5) is 15.8. The Morgan fingerprint density at radius 1 is 1.14 bits per heavy atom. The lowest BCUT2D eigenvalue weighted by Gasteiger charge is -2.07. The molecular weight excluding hydrogens is 577 g/mol. The third-order valence-corrected chi connectivity index (χ3v) is 7.65. The second kappa shape index (κ2) is 10.3. The molecule has 1 aromatic carbocycles. The SMILES string of the molecule is CCOC(=O)CCCn1cc(-c2cn(S(=O)(=O)c3ccc(C)cc3)c3ncc(Br)cc23)c(C(F)(F)F)n1. The molecule has 0 fully saturated rings. The molecule has 0 atom stereocenters. The number of esters is 1. The lowest BCUT2D eigenvalue weighted by molar-refractivity contribution is -0.143.